The zero-order valence-electron chi connectivity index (χ0n) is 17.2. The molecule has 1 saturated heterocycles. The Morgan fingerprint density at radius 2 is 2.16 bits per heavy atom. The van der Waals surface area contributed by atoms with Crippen LogP contribution in [0.4, 0.5) is 5.82 Å². The second kappa shape index (κ2) is 9.22. The Balaban J connectivity index is 1.54. The van der Waals surface area contributed by atoms with Gasteiger partial charge < -0.3 is 19.9 Å². The first-order valence-electron chi connectivity index (χ1n) is 10.0. The van der Waals surface area contributed by atoms with E-state index < -0.39 is 0 Å². The molecular formula is C21H23N7O2S. The molecule has 0 aromatic heterocycles. The van der Waals surface area contributed by atoms with Gasteiger partial charge in [-0.2, -0.15) is 5.26 Å². The zero-order valence-corrected chi connectivity index (χ0v) is 18.0. The minimum Gasteiger partial charge on any atom is -0.497 e. The van der Waals surface area contributed by atoms with Crippen molar-refractivity contribution in [2.75, 3.05) is 25.9 Å². The summed E-state index contributed by atoms with van der Waals surface area (Å²) < 4.78 is 7.25. The van der Waals surface area contributed by atoms with Crippen molar-refractivity contribution < 1.29 is 9.53 Å². The highest BCUT2D eigenvalue weighted by Crippen LogP contribution is 2.35. The molecule has 0 spiro atoms. The Morgan fingerprint density at radius 1 is 1.35 bits per heavy atom. The second-order valence-electron chi connectivity index (χ2n) is 7.45. The molecule has 4 rings (SSSR count). The molecule has 9 nitrogen and oxygen atoms in total. The molecule has 2 N–H and O–H groups in total. The molecule has 0 radical (unpaired) electrons. The lowest BCUT2D eigenvalue weighted by Crippen LogP contribution is -2.32. The molecule has 3 aliphatic rings. The summed E-state index contributed by atoms with van der Waals surface area (Å²) in [5, 5.41) is 9.92. The number of rotatable bonds is 7. The minimum absolute atomic E-state index is 0.330. The Labute approximate surface area is 184 Å². The van der Waals surface area contributed by atoms with Crippen molar-refractivity contribution >= 4 is 24.0 Å². The summed E-state index contributed by atoms with van der Waals surface area (Å²) in [5.41, 5.74) is 7.14. The third-order valence-corrected chi connectivity index (χ3v) is 6.48. The number of anilines is 1. The van der Waals surface area contributed by atoms with Gasteiger partial charge in [-0.1, -0.05) is 0 Å². The summed E-state index contributed by atoms with van der Waals surface area (Å²) in [6, 6.07) is 7.45. The molecule has 1 aromatic carbocycles. The predicted molar refractivity (Wildman–Crippen MR) is 116 cm³/mol. The molecule has 10 heteroatoms. The number of amides is 1. The normalized spacial score (nSPS) is 14.5. The first-order chi connectivity index (χ1) is 15.1. The summed E-state index contributed by atoms with van der Waals surface area (Å²) in [5.74, 6) is 2.23. The highest BCUT2D eigenvalue weighted by Gasteiger charge is 2.22. The number of carbonyl (C=O) groups is 1. The van der Waals surface area contributed by atoms with Crippen molar-refractivity contribution in [1.29, 1.82) is 5.26 Å². The third-order valence-electron chi connectivity index (χ3n) is 5.56. The van der Waals surface area contributed by atoms with Crippen LogP contribution in [-0.2, 0) is 11.3 Å². The monoisotopic (exact) mass is 437 g/mol. The summed E-state index contributed by atoms with van der Waals surface area (Å²) in [4.78, 5) is 27.0. The largest absolute Gasteiger partial charge is 0.497 e. The lowest BCUT2D eigenvalue weighted by atomic mass is 9.94. The Morgan fingerprint density at radius 3 is 2.87 bits per heavy atom. The van der Waals surface area contributed by atoms with E-state index in [0.29, 0.717) is 39.7 Å². The van der Waals surface area contributed by atoms with E-state index in [4.69, 9.17) is 10.5 Å². The molecule has 3 heterocycles. The first-order valence-corrected chi connectivity index (χ1v) is 10.9. The van der Waals surface area contributed by atoms with E-state index in [0.717, 1.165) is 50.2 Å². The summed E-state index contributed by atoms with van der Waals surface area (Å²) in [7, 11) is 1.58. The number of hydrogen-bond acceptors (Lipinski definition) is 8. The van der Waals surface area contributed by atoms with Crippen molar-refractivity contribution in [3.05, 3.63) is 30.1 Å². The van der Waals surface area contributed by atoms with Crippen LogP contribution in [0.5, 0.6) is 5.75 Å². The van der Waals surface area contributed by atoms with Gasteiger partial charge in [0.15, 0.2) is 22.5 Å². The molecule has 0 atom stereocenters. The number of nitrogens with zero attached hydrogens (tertiary/aromatic N) is 6. The van der Waals surface area contributed by atoms with Crippen molar-refractivity contribution in [2.24, 2.45) is 5.92 Å². The van der Waals surface area contributed by atoms with Crippen LogP contribution >= 0.6 is 11.8 Å². The second-order valence-corrected chi connectivity index (χ2v) is 8.46. The van der Waals surface area contributed by atoms with E-state index in [9.17, 15) is 10.1 Å². The maximum absolute atomic E-state index is 10.9. The van der Waals surface area contributed by atoms with Gasteiger partial charge in [0.2, 0.25) is 6.41 Å². The Kier molecular flexibility index (Phi) is 6.23. The molecule has 160 valence electrons. The number of nitrogen functional groups attached to an aromatic ring is 1. The van der Waals surface area contributed by atoms with Crippen molar-refractivity contribution in [2.45, 2.75) is 35.9 Å². The van der Waals surface area contributed by atoms with Crippen LogP contribution < -0.4 is 10.5 Å². The van der Waals surface area contributed by atoms with Gasteiger partial charge in [-0.3, -0.25) is 4.79 Å². The van der Waals surface area contributed by atoms with Gasteiger partial charge in [0.05, 0.1) is 19.0 Å². The Hall–Kier alpha value is -3.32. The number of carbonyl (C=O) groups excluding carboxylic acids is 1. The van der Waals surface area contributed by atoms with E-state index in [1.165, 1.54) is 11.8 Å². The van der Waals surface area contributed by atoms with Crippen LogP contribution in [0, 0.1) is 17.2 Å². The molecule has 3 aliphatic heterocycles. The molecule has 1 fully saturated rings. The fourth-order valence-electron chi connectivity index (χ4n) is 3.72. The average molecular weight is 438 g/mol. The molecule has 0 unspecified atom stereocenters. The standard InChI is InChI=1S/C21H23N7O2S/c1-30-16-3-2-15(11-22)17(10-16)31-21-25-18-19(23)24-12-28(20(18)26-21)9-6-14-4-7-27(13-29)8-5-14/h2-3,10,12-14H,4-9,23H2,1H3. The van der Waals surface area contributed by atoms with Crippen molar-refractivity contribution in [3.63, 3.8) is 0 Å². The third kappa shape index (κ3) is 4.56. The van der Waals surface area contributed by atoms with Gasteiger partial charge in [0, 0.05) is 24.5 Å². The fraction of sp³-hybridized carbons (Fsp3) is 0.381. The highest BCUT2D eigenvalue weighted by atomic mass is 32.2. The average Bonchev–Trinajstić information content (AvgIpc) is 3.23. The van der Waals surface area contributed by atoms with Crippen LogP contribution in [-0.4, -0.2) is 51.0 Å². The zero-order chi connectivity index (χ0) is 21.8. The number of piperidine rings is 1. The maximum atomic E-state index is 10.9. The minimum atomic E-state index is 0.330. The van der Waals surface area contributed by atoms with Gasteiger partial charge in [-0.25, -0.2) is 15.0 Å². The molecule has 1 amide bonds. The summed E-state index contributed by atoms with van der Waals surface area (Å²) in [6.45, 7) is 2.38. The number of nitrogens with two attached hydrogens (primary N) is 1. The molecule has 0 saturated carbocycles. The van der Waals surface area contributed by atoms with Gasteiger partial charge in [-0.05, 0) is 55.1 Å². The molecular weight excluding hydrogens is 414 g/mol. The quantitative estimate of drug-likeness (QED) is 0.560. The highest BCUT2D eigenvalue weighted by molar-refractivity contribution is 7.99. The Bertz CT molecular complexity index is 1090. The van der Waals surface area contributed by atoms with Gasteiger partial charge >= 0.3 is 0 Å². The maximum Gasteiger partial charge on any atom is 0.209 e. The molecule has 1 aromatic rings. The summed E-state index contributed by atoms with van der Waals surface area (Å²) in [6.07, 6.45) is 5.61. The predicted octanol–water partition coefficient (Wildman–Crippen LogP) is 2.65. The van der Waals surface area contributed by atoms with Crippen molar-refractivity contribution in [1.82, 2.24) is 24.4 Å². The number of aryl methyl sites for hydroxylation is 1. The molecule has 0 aliphatic carbocycles. The fourth-order valence-corrected chi connectivity index (χ4v) is 4.58. The van der Waals surface area contributed by atoms with Crippen LogP contribution in [0.25, 0.3) is 11.5 Å². The van der Waals surface area contributed by atoms with E-state index in [1.54, 1.807) is 31.6 Å². The summed E-state index contributed by atoms with van der Waals surface area (Å²) >= 11 is 1.30. The van der Waals surface area contributed by atoms with E-state index in [2.05, 4.69) is 21.0 Å². The topological polar surface area (TPSA) is 123 Å². The number of likely N-dealkylation sites (tertiary alicyclic amines) is 1. The lowest BCUT2D eigenvalue weighted by Gasteiger charge is -2.29. The van der Waals surface area contributed by atoms with Gasteiger partial charge in [0.25, 0.3) is 0 Å². The SMILES string of the molecule is COc1ccc(C#N)c(Sc2nc3c(N)ncn(CCC4CCN(C=O)CC4)c-3n2)c1. The number of benzene rings is 1. The number of imidazole rings is 1. The van der Waals surface area contributed by atoms with Crippen molar-refractivity contribution in [3.8, 4) is 23.3 Å². The van der Waals surface area contributed by atoms with Crippen LogP contribution in [0.3, 0.4) is 0 Å². The number of methoxy groups -OCH3 is 1. The van der Waals surface area contributed by atoms with Gasteiger partial charge in [-0.15, -0.1) is 0 Å². The van der Waals surface area contributed by atoms with E-state index in [-0.39, 0.29) is 0 Å². The number of hydrogen-bond donors (Lipinski definition) is 1. The first kappa shape index (κ1) is 20.9. The number of fused-ring (bicyclic) bond motifs is 1. The molecule has 31 heavy (non-hydrogen) atoms. The van der Waals surface area contributed by atoms with Gasteiger partial charge in [0.1, 0.15) is 11.8 Å². The van der Waals surface area contributed by atoms with Crippen LogP contribution in [0.15, 0.2) is 34.6 Å². The smallest absolute Gasteiger partial charge is 0.209 e. The number of nitriles is 1. The van der Waals surface area contributed by atoms with E-state index >= 15 is 0 Å². The van der Waals surface area contributed by atoms with Crippen LogP contribution in [0.1, 0.15) is 24.8 Å². The number of aromatic nitrogens is 4. The lowest BCUT2D eigenvalue weighted by molar-refractivity contribution is -0.119. The van der Waals surface area contributed by atoms with E-state index in [1.807, 2.05) is 9.47 Å². The van der Waals surface area contributed by atoms with Crippen LogP contribution in [0.2, 0.25) is 0 Å². The number of ether oxygens (including phenoxy) is 1. The molecule has 0 bridgehead atoms.